The van der Waals surface area contributed by atoms with Crippen LogP contribution in [0.1, 0.15) is 112 Å². The first kappa shape index (κ1) is 22.0. The summed E-state index contributed by atoms with van der Waals surface area (Å²) in [6.45, 7) is 13.4. The van der Waals surface area contributed by atoms with Crippen LogP contribution in [0.2, 0.25) is 0 Å². The zero-order chi connectivity index (χ0) is 17.1. The molecule has 0 amide bonds. The molecule has 1 fully saturated rings. The second-order valence-electron chi connectivity index (χ2n) is 7.99. The average Bonchev–Trinajstić information content (AvgIpc) is 2.98. The fourth-order valence-electron chi connectivity index (χ4n) is 3.55. The van der Waals surface area contributed by atoms with Gasteiger partial charge in [0.25, 0.3) is 0 Å². The standard InChI is InChI=1S/C21H33OP.Li.H/c1-13(2)16-11-18(14(3)4)20(19(12-16)15(5)6)21(22)23-17-9-7-8-10-17;;/h11-15,17,23H,7-10H2,1-6H3;;. The van der Waals surface area contributed by atoms with Crippen molar-refractivity contribution in [3.05, 3.63) is 34.4 Å². The topological polar surface area (TPSA) is 17.1 Å². The van der Waals surface area contributed by atoms with E-state index in [0.717, 1.165) is 5.56 Å². The molecule has 24 heavy (non-hydrogen) atoms. The van der Waals surface area contributed by atoms with Crippen molar-refractivity contribution < 1.29 is 4.79 Å². The molecular formula is C21H34LiOP. The number of carbonyl (C=O) groups is 1. The molecule has 0 spiro atoms. The van der Waals surface area contributed by atoms with Crippen LogP contribution in [-0.4, -0.2) is 30.0 Å². The van der Waals surface area contributed by atoms with Gasteiger partial charge in [-0.05, 0) is 61.5 Å². The van der Waals surface area contributed by atoms with Crippen LogP contribution in [-0.2, 0) is 0 Å². The third kappa shape index (κ3) is 5.21. The number of hydrogen-bond acceptors (Lipinski definition) is 1. The van der Waals surface area contributed by atoms with E-state index in [-0.39, 0.29) is 18.9 Å². The Morgan fingerprint density at radius 2 is 1.38 bits per heavy atom. The van der Waals surface area contributed by atoms with Gasteiger partial charge in [-0.1, -0.05) is 66.5 Å². The van der Waals surface area contributed by atoms with Gasteiger partial charge in [-0.25, -0.2) is 0 Å². The Bertz CT molecular complexity index is 528. The summed E-state index contributed by atoms with van der Waals surface area (Å²) in [6.07, 6.45) is 5.13. The summed E-state index contributed by atoms with van der Waals surface area (Å²) in [5.41, 5.74) is 6.04. The molecule has 3 heteroatoms. The van der Waals surface area contributed by atoms with E-state index in [2.05, 4.69) is 53.7 Å². The van der Waals surface area contributed by atoms with Crippen molar-refractivity contribution in [3.8, 4) is 0 Å². The Labute approximate surface area is 162 Å². The first-order valence-electron chi connectivity index (χ1n) is 9.29. The Kier molecular flexibility index (Phi) is 8.76. The normalized spacial score (nSPS) is 15.9. The molecular weight excluding hydrogens is 306 g/mol. The second kappa shape index (κ2) is 9.57. The van der Waals surface area contributed by atoms with Crippen molar-refractivity contribution in [1.82, 2.24) is 0 Å². The summed E-state index contributed by atoms with van der Waals surface area (Å²) in [5, 5.41) is 0. The van der Waals surface area contributed by atoms with Gasteiger partial charge in [0, 0.05) is 5.56 Å². The SMILES string of the molecule is CC(C)c1cc(C(C)C)c(C(=O)PC2CCCC2)c(C(C)C)c1.[LiH]. The predicted molar refractivity (Wildman–Crippen MR) is 111 cm³/mol. The third-order valence-corrected chi connectivity index (χ3v) is 6.55. The molecule has 1 nitrogen and oxygen atoms in total. The summed E-state index contributed by atoms with van der Waals surface area (Å²) in [5.74, 6) is 1.31. The van der Waals surface area contributed by atoms with Crippen LogP contribution >= 0.6 is 8.58 Å². The van der Waals surface area contributed by atoms with Crippen molar-refractivity contribution in [2.45, 2.75) is 90.6 Å². The van der Waals surface area contributed by atoms with Crippen molar-refractivity contribution in [2.24, 2.45) is 0 Å². The third-order valence-electron chi connectivity index (χ3n) is 5.05. The molecule has 1 aliphatic rings. The molecule has 1 unspecified atom stereocenters. The summed E-state index contributed by atoms with van der Waals surface area (Å²) >= 11 is 0. The first-order chi connectivity index (χ1) is 10.8. The molecule has 1 aromatic carbocycles. The molecule has 1 atom stereocenters. The van der Waals surface area contributed by atoms with Crippen molar-refractivity contribution in [3.63, 3.8) is 0 Å². The molecule has 0 bridgehead atoms. The molecule has 0 aliphatic heterocycles. The fourth-order valence-corrected chi connectivity index (χ4v) is 5.05. The van der Waals surface area contributed by atoms with Gasteiger partial charge in [0.05, 0.1) is 0 Å². The van der Waals surface area contributed by atoms with E-state index in [1.807, 2.05) is 0 Å². The summed E-state index contributed by atoms with van der Waals surface area (Å²) < 4.78 is 0. The van der Waals surface area contributed by atoms with Crippen LogP contribution in [0.4, 0.5) is 0 Å². The van der Waals surface area contributed by atoms with E-state index in [1.165, 1.54) is 42.4 Å². The summed E-state index contributed by atoms with van der Waals surface area (Å²) in [7, 11) is 0.468. The molecule has 0 saturated heterocycles. The number of rotatable bonds is 6. The van der Waals surface area contributed by atoms with Gasteiger partial charge in [-0.15, -0.1) is 0 Å². The summed E-state index contributed by atoms with van der Waals surface area (Å²) in [6, 6.07) is 4.60. The van der Waals surface area contributed by atoms with Crippen LogP contribution in [0.3, 0.4) is 0 Å². The maximum atomic E-state index is 13.1. The molecule has 1 aliphatic carbocycles. The average molecular weight is 340 g/mol. The van der Waals surface area contributed by atoms with E-state index in [4.69, 9.17) is 0 Å². The van der Waals surface area contributed by atoms with Gasteiger partial charge < -0.3 is 0 Å². The van der Waals surface area contributed by atoms with Gasteiger partial charge in [-0.2, -0.15) is 0 Å². The molecule has 2 rings (SSSR count). The molecule has 0 heterocycles. The Hall–Kier alpha value is -0.0826. The molecule has 0 aromatic heterocycles. The van der Waals surface area contributed by atoms with Gasteiger partial charge in [0.2, 0.25) is 0 Å². The van der Waals surface area contributed by atoms with Gasteiger partial charge in [-0.3, -0.25) is 4.79 Å². The zero-order valence-electron chi connectivity index (χ0n) is 15.7. The van der Waals surface area contributed by atoms with E-state index in [9.17, 15) is 4.79 Å². The van der Waals surface area contributed by atoms with Crippen LogP contribution in [0.5, 0.6) is 0 Å². The Morgan fingerprint density at radius 3 is 1.75 bits per heavy atom. The molecule has 130 valence electrons. The maximum absolute atomic E-state index is 13.1. The second-order valence-corrected chi connectivity index (χ2v) is 9.55. The van der Waals surface area contributed by atoms with Crippen molar-refractivity contribution >= 4 is 33.0 Å². The molecule has 0 N–H and O–H groups in total. The fraction of sp³-hybridized carbons (Fsp3) is 0.667. The van der Waals surface area contributed by atoms with E-state index < -0.39 is 0 Å². The Morgan fingerprint density at radius 1 is 0.917 bits per heavy atom. The van der Waals surface area contributed by atoms with Crippen LogP contribution in [0, 0.1) is 0 Å². The Balaban J connectivity index is 0.00000288. The van der Waals surface area contributed by atoms with Crippen LogP contribution in [0.25, 0.3) is 0 Å². The monoisotopic (exact) mass is 340 g/mol. The summed E-state index contributed by atoms with van der Waals surface area (Å²) in [4.78, 5) is 13.1. The zero-order valence-corrected chi connectivity index (χ0v) is 16.7. The number of carbonyl (C=O) groups excluding carboxylic acids is 1. The number of hydrogen-bond donors (Lipinski definition) is 0. The van der Waals surface area contributed by atoms with Gasteiger partial charge in [0.15, 0.2) is 5.52 Å². The van der Waals surface area contributed by atoms with Crippen molar-refractivity contribution in [1.29, 1.82) is 0 Å². The van der Waals surface area contributed by atoms with E-state index in [0.29, 0.717) is 37.5 Å². The minimum atomic E-state index is 0. The van der Waals surface area contributed by atoms with Crippen LogP contribution in [0.15, 0.2) is 12.1 Å². The first-order valence-corrected chi connectivity index (χ1v) is 10.4. The molecule has 1 aromatic rings. The van der Waals surface area contributed by atoms with Gasteiger partial charge in [0.1, 0.15) is 0 Å². The van der Waals surface area contributed by atoms with Crippen molar-refractivity contribution in [2.75, 3.05) is 0 Å². The molecule has 0 radical (unpaired) electrons. The quantitative estimate of drug-likeness (QED) is 0.447. The van der Waals surface area contributed by atoms with E-state index in [1.54, 1.807) is 0 Å². The van der Waals surface area contributed by atoms with Crippen LogP contribution < -0.4 is 0 Å². The van der Waals surface area contributed by atoms with Gasteiger partial charge >= 0.3 is 18.9 Å². The minimum absolute atomic E-state index is 0. The molecule has 1 saturated carbocycles. The number of benzene rings is 1. The predicted octanol–water partition coefficient (Wildman–Crippen LogP) is 6.17. The van der Waals surface area contributed by atoms with E-state index >= 15 is 0 Å².